The minimum Gasteiger partial charge on any atom is -0.438 e. The molecule has 4 heteroatoms. The highest BCUT2D eigenvalue weighted by molar-refractivity contribution is 7.15. The van der Waals surface area contributed by atoms with E-state index in [9.17, 15) is 0 Å². The van der Waals surface area contributed by atoms with Gasteiger partial charge in [0.2, 0.25) is 5.89 Å². The Morgan fingerprint density at radius 1 is 1.50 bits per heavy atom. The fraction of sp³-hybridized carbons (Fsp3) is 0.500. The molecule has 0 saturated carbocycles. The fourth-order valence-electron chi connectivity index (χ4n) is 2.45. The Labute approximate surface area is 111 Å². The van der Waals surface area contributed by atoms with Gasteiger partial charge in [0.1, 0.15) is 0 Å². The maximum Gasteiger partial charge on any atom is 0.211 e. The number of nitrogens with zero attached hydrogens (tertiary/aromatic N) is 1. The van der Waals surface area contributed by atoms with E-state index in [-0.39, 0.29) is 6.04 Å². The zero-order valence-corrected chi connectivity index (χ0v) is 11.6. The van der Waals surface area contributed by atoms with Crippen molar-refractivity contribution < 1.29 is 4.42 Å². The predicted octanol–water partition coefficient (Wildman–Crippen LogP) is 3.56. The van der Waals surface area contributed by atoms with Gasteiger partial charge < -0.3 is 9.73 Å². The molecular formula is C14H18N2OS. The minimum absolute atomic E-state index is 0.176. The van der Waals surface area contributed by atoms with Gasteiger partial charge in [0, 0.05) is 4.88 Å². The first kappa shape index (κ1) is 11.9. The molecule has 0 aliphatic heterocycles. The molecule has 1 unspecified atom stereocenters. The third-order valence-electron chi connectivity index (χ3n) is 3.39. The Morgan fingerprint density at radius 3 is 3.17 bits per heavy atom. The minimum atomic E-state index is 0.176. The van der Waals surface area contributed by atoms with Gasteiger partial charge in [-0.25, -0.2) is 4.98 Å². The molecule has 0 fully saturated rings. The van der Waals surface area contributed by atoms with Gasteiger partial charge >= 0.3 is 0 Å². The molecule has 2 heterocycles. The van der Waals surface area contributed by atoms with Crippen LogP contribution in [-0.4, -0.2) is 11.5 Å². The van der Waals surface area contributed by atoms with E-state index in [1.807, 2.05) is 17.5 Å². The van der Waals surface area contributed by atoms with Crippen LogP contribution in [0.1, 0.15) is 42.6 Å². The molecular weight excluding hydrogens is 244 g/mol. The zero-order valence-electron chi connectivity index (χ0n) is 10.8. The van der Waals surface area contributed by atoms with Crippen LogP contribution in [0.2, 0.25) is 0 Å². The summed E-state index contributed by atoms with van der Waals surface area (Å²) >= 11 is 1.86. The molecule has 0 bridgehead atoms. The lowest BCUT2D eigenvalue weighted by molar-refractivity contribution is 0.429. The summed E-state index contributed by atoms with van der Waals surface area (Å²) in [5.41, 5.74) is 1.51. The Kier molecular flexibility index (Phi) is 3.22. The van der Waals surface area contributed by atoms with Crippen molar-refractivity contribution in [3.8, 4) is 10.6 Å². The third kappa shape index (κ3) is 2.10. The summed E-state index contributed by atoms with van der Waals surface area (Å²) in [5.74, 6) is 1.69. The van der Waals surface area contributed by atoms with Crippen molar-refractivity contribution in [3.05, 3.63) is 28.6 Å². The van der Waals surface area contributed by atoms with Gasteiger partial charge in [-0.3, -0.25) is 0 Å². The quantitative estimate of drug-likeness (QED) is 0.915. The zero-order chi connectivity index (χ0) is 12.5. The Bertz CT molecular complexity index is 522. The number of hydrogen-bond acceptors (Lipinski definition) is 4. The summed E-state index contributed by atoms with van der Waals surface area (Å²) in [6, 6.07) is 2.45. The Hall–Kier alpha value is -1.13. The van der Waals surface area contributed by atoms with Crippen LogP contribution in [0, 0.1) is 0 Å². The molecule has 1 atom stereocenters. The van der Waals surface area contributed by atoms with Crippen LogP contribution in [-0.2, 0) is 12.8 Å². The molecule has 1 aliphatic carbocycles. The predicted molar refractivity (Wildman–Crippen MR) is 73.9 cm³/mol. The Balaban J connectivity index is 1.84. The molecule has 0 radical (unpaired) electrons. The Morgan fingerprint density at radius 2 is 2.39 bits per heavy atom. The van der Waals surface area contributed by atoms with Gasteiger partial charge in [-0.2, -0.15) is 0 Å². The standard InChI is InChI=1S/C14H18N2OS/c1-3-15-9(2)14-16-8-11(17-14)13-7-10-5-4-6-12(10)18-13/h7-9,15H,3-6H2,1-2H3. The molecule has 2 aromatic rings. The van der Waals surface area contributed by atoms with Crippen LogP contribution >= 0.6 is 11.3 Å². The molecule has 0 amide bonds. The lowest BCUT2D eigenvalue weighted by atomic mass is 10.2. The van der Waals surface area contributed by atoms with Crippen LogP contribution in [0.25, 0.3) is 10.6 Å². The summed E-state index contributed by atoms with van der Waals surface area (Å²) in [7, 11) is 0. The number of aromatic nitrogens is 1. The van der Waals surface area contributed by atoms with Crippen LogP contribution in [0.3, 0.4) is 0 Å². The van der Waals surface area contributed by atoms with E-state index in [0.29, 0.717) is 0 Å². The van der Waals surface area contributed by atoms with Gasteiger partial charge in [0.05, 0.1) is 17.1 Å². The van der Waals surface area contributed by atoms with E-state index in [1.54, 1.807) is 0 Å². The summed E-state index contributed by atoms with van der Waals surface area (Å²) in [5, 5.41) is 3.31. The van der Waals surface area contributed by atoms with Crippen molar-refractivity contribution >= 4 is 11.3 Å². The van der Waals surface area contributed by atoms with Crippen LogP contribution in [0.5, 0.6) is 0 Å². The highest BCUT2D eigenvalue weighted by atomic mass is 32.1. The lowest BCUT2D eigenvalue weighted by Gasteiger charge is -2.06. The molecule has 18 heavy (non-hydrogen) atoms. The first-order valence-electron chi connectivity index (χ1n) is 6.59. The summed E-state index contributed by atoms with van der Waals surface area (Å²) in [4.78, 5) is 7.13. The number of thiophene rings is 1. The highest BCUT2D eigenvalue weighted by Gasteiger charge is 2.18. The molecule has 3 nitrogen and oxygen atoms in total. The molecule has 0 spiro atoms. The average molecular weight is 262 g/mol. The molecule has 3 rings (SSSR count). The molecule has 0 saturated heterocycles. The van der Waals surface area contributed by atoms with Crippen molar-refractivity contribution in [1.29, 1.82) is 0 Å². The number of rotatable bonds is 4. The van der Waals surface area contributed by atoms with E-state index in [4.69, 9.17) is 4.42 Å². The third-order valence-corrected chi connectivity index (χ3v) is 4.65. The van der Waals surface area contributed by atoms with Gasteiger partial charge in [-0.1, -0.05) is 6.92 Å². The van der Waals surface area contributed by atoms with Crippen molar-refractivity contribution in [2.45, 2.75) is 39.2 Å². The van der Waals surface area contributed by atoms with Gasteiger partial charge in [-0.15, -0.1) is 11.3 Å². The van der Waals surface area contributed by atoms with Gasteiger partial charge in [-0.05, 0) is 44.4 Å². The second-order valence-electron chi connectivity index (χ2n) is 4.75. The summed E-state index contributed by atoms with van der Waals surface area (Å²) in [6.45, 7) is 5.09. The normalized spacial score (nSPS) is 15.9. The monoisotopic (exact) mass is 262 g/mol. The average Bonchev–Trinajstić information content (AvgIpc) is 3.03. The van der Waals surface area contributed by atoms with E-state index < -0.39 is 0 Å². The van der Waals surface area contributed by atoms with Crippen molar-refractivity contribution in [2.24, 2.45) is 0 Å². The highest BCUT2D eigenvalue weighted by Crippen LogP contribution is 2.37. The first-order valence-corrected chi connectivity index (χ1v) is 7.40. The smallest absolute Gasteiger partial charge is 0.211 e. The number of hydrogen-bond donors (Lipinski definition) is 1. The van der Waals surface area contributed by atoms with Crippen molar-refractivity contribution in [2.75, 3.05) is 6.54 Å². The fourth-order valence-corrected chi connectivity index (χ4v) is 3.65. The van der Waals surface area contributed by atoms with E-state index in [0.717, 1.165) is 18.2 Å². The molecule has 96 valence electrons. The number of aryl methyl sites for hydroxylation is 2. The van der Waals surface area contributed by atoms with Crippen molar-refractivity contribution in [3.63, 3.8) is 0 Å². The number of nitrogens with one attached hydrogen (secondary N) is 1. The molecule has 0 aromatic carbocycles. The van der Waals surface area contributed by atoms with Crippen molar-refractivity contribution in [1.82, 2.24) is 10.3 Å². The summed E-state index contributed by atoms with van der Waals surface area (Å²) in [6.07, 6.45) is 5.61. The molecule has 1 aliphatic rings. The van der Waals surface area contributed by atoms with E-state index in [2.05, 4.69) is 30.2 Å². The maximum atomic E-state index is 5.86. The molecule has 2 aromatic heterocycles. The second kappa shape index (κ2) is 4.86. The van der Waals surface area contributed by atoms with Crippen LogP contribution in [0.4, 0.5) is 0 Å². The largest absolute Gasteiger partial charge is 0.438 e. The number of fused-ring (bicyclic) bond motifs is 1. The lowest BCUT2D eigenvalue weighted by Crippen LogP contribution is -2.17. The topological polar surface area (TPSA) is 38.1 Å². The van der Waals surface area contributed by atoms with Gasteiger partial charge in [0.15, 0.2) is 5.76 Å². The summed E-state index contributed by atoms with van der Waals surface area (Å²) < 4.78 is 5.86. The number of oxazole rings is 1. The van der Waals surface area contributed by atoms with Crippen LogP contribution < -0.4 is 5.32 Å². The first-order chi connectivity index (χ1) is 8.78. The van der Waals surface area contributed by atoms with E-state index >= 15 is 0 Å². The SMILES string of the molecule is CCNC(C)c1ncc(-c2cc3c(s2)CCC3)o1. The maximum absolute atomic E-state index is 5.86. The van der Waals surface area contributed by atoms with Gasteiger partial charge in [0.25, 0.3) is 0 Å². The second-order valence-corrected chi connectivity index (χ2v) is 5.89. The van der Waals surface area contributed by atoms with Crippen LogP contribution in [0.15, 0.2) is 16.7 Å². The van der Waals surface area contributed by atoms with E-state index in [1.165, 1.54) is 34.6 Å². The molecule has 1 N–H and O–H groups in total.